The maximum Gasteiger partial charge on any atom is 0.243 e. The zero-order valence-electron chi connectivity index (χ0n) is 10.6. The molecule has 0 atom stereocenters. The Morgan fingerprint density at radius 1 is 1.15 bits per heavy atom. The standard InChI is InChI=1S/C12H16Cl2N2O3S/c13-10-5-7(15)6-11(14)12(10)20(18,19)16-8-1-3-9(17)4-2-8/h5-6,8-9,16-17H,1-4,15H2. The number of hydrogen-bond acceptors (Lipinski definition) is 4. The van der Waals surface area contributed by atoms with Crippen molar-refractivity contribution < 1.29 is 13.5 Å². The molecule has 8 heteroatoms. The molecule has 2 rings (SSSR count). The number of rotatable bonds is 3. The SMILES string of the molecule is Nc1cc(Cl)c(S(=O)(=O)NC2CCC(O)CC2)c(Cl)c1. The predicted molar refractivity (Wildman–Crippen MR) is 79.5 cm³/mol. The van der Waals surface area contributed by atoms with Crippen LogP contribution in [0.3, 0.4) is 0 Å². The number of aliphatic hydroxyl groups is 1. The van der Waals surface area contributed by atoms with Crippen molar-refractivity contribution in [3.05, 3.63) is 22.2 Å². The van der Waals surface area contributed by atoms with E-state index in [2.05, 4.69) is 4.72 Å². The summed E-state index contributed by atoms with van der Waals surface area (Å²) in [4.78, 5) is -0.152. The number of nitrogens with one attached hydrogen (secondary N) is 1. The first-order chi connectivity index (χ1) is 9.29. The molecular weight excluding hydrogens is 323 g/mol. The molecule has 1 aromatic rings. The van der Waals surface area contributed by atoms with Crippen LogP contribution in [0.1, 0.15) is 25.7 Å². The first kappa shape index (κ1) is 15.9. The van der Waals surface area contributed by atoms with E-state index in [4.69, 9.17) is 28.9 Å². The maximum absolute atomic E-state index is 12.4. The van der Waals surface area contributed by atoms with Crippen LogP contribution in [0, 0.1) is 0 Å². The van der Waals surface area contributed by atoms with Crippen LogP contribution in [0.5, 0.6) is 0 Å². The molecule has 1 aliphatic carbocycles. The second kappa shape index (κ2) is 6.07. The fourth-order valence-electron chi connectivity index (χ4n) is 2.31. The van der Waals surface area contributed by atoms with E-state index in [9.17, 15) is 13.5 Å². The van der Waals surface area contributed by atoms with E-state index in [1.165, 1.54) is 12.1 Å². The average Bonchev–Trinajstić information content (AvgIpc) is 2.30. The molecule has 0 amide bonds. The Morgan fingerprint density at radius 2 is 1.65 bits per heavy atom. The summed E-state index contributed by atoms with van der Waals surface area (Å²) in [6.07, 6.45) is 1.99. The molecule has 0 aliphatic heterocycles. The van der Waals surface area contributed by atoms with Crippen LogP contribution in [0.15, 0.2) is 17.0 Å². The third kappa shape index (κ3) is 3.56. The summed E-state index contributed by atoms with van der Waals surface area (Å²) in [5.41, 5.74) is 5.86. The van der Waals surface area contributed by atoms with Crippen LogP contribution < -0.4 is 10.5 Å². The van der Waals surface area contributed by atoms with Crippen molar-refractivity contribution in [3.8, 4) is 0 Å². The fraction of sp³-hybridized carbons (Fsp3) is 0.500. The van der Waals surface area contributed by atoms with Gasteiger partial charge in [-0.2, -0.15) is 0 Å². The Bertz CT molecular complexity index is 576. The number of anilines is 1. The molecule has 0 unspecified atom stereocenters. The topological polar surface area (TPSA) is 92.4 Å². The lowest BCUT2D eigenvalue weighted by atomic mass is 9.94. The normalized spacial score (nSPS) is 23.8. The zero-order chi connectivity index (χ0) is 14.9. The molecule has 0 radical (unpaired) electrons. The van der Waals surface area contributed by atoms with Gasteiger partial charge in [-0.3, -0.25) is 0 Å². The van der Waals surface area contributed by atoms with Crippen LogP contribution in [0.4, 0.5) is 5.69 Å². The molecule has 20 heavy (non-hydrogen) atoms. The van der Waals surface area contributed by atoms with Gasteiger partial charge in [0.15, 0.2) is 0 Å². The number of nitrogen functional groups attached to an aromatic ring is 1. The molecule has 0 bridgehead atoms. The highest BCUT2D eigenvalue weighted by Gasteiger charge is 2.28. The molecule has 112 valence electrons. The van der Waals surface area contributed by atoms with Crippen molar-refractivity contribution >= 4 is 38.9 Å². The zero-order valence-corrected chi connectivity index (χ0v) is 13.0. The molecule has 1 saturated carbocycles. The fourth-order valence-corrected chi connectivity index (χ4v) is 4.85. The van der Waals surface area contributed by atoms with E-state index in [-0.39, 0.29) is 27.1 Å². The average molecular weight is 339 g/mol. The molecule has 4 N–H and O–H groups in total. The number of hydrogen-bond donors (Lipinski definition) is 3. The van der Waals surface area contributed by atoms with E-state index < -0.39 is 10.0 Å². The molecule has 0 heterocycles. The number of nitrogens with two attached hydrogens (primary N) is 1. The molecule has 5 nitrogen and oxygen atoms in total. The largest absolute Gasteiger partial charge is 0.399 e. The monoisotopic (exact) mass is 338 g/mol. The van der Waals surface area contributed by atoms with Crippen LogP contribution in [0.25, 0.3) is 0 Å². The number of benzene rings is 1. The molecule has 0 aromatic heterocycles. The van der Waals surface area contributed by atoms with Crippen molar-refractivity contribution in [2.75, 3.05) is 5.73 Å². The van der Waals surface area contributed by atoms with Crippen molar-refractivity contribution in [2.45, 2.75) is 42.7 Å². The minimum absolute atomic E-state index is 0.00153. The Kier molecular flexibility index (Phi) is 4.81. The summed E-state index contributed by atoms with van der Waals surface area (Å²) in [5.74, 6) is 0. The minimum atomic E-state index is -3.81. The van der Waals surface area contributed by atoms with Crippen LogP contribution in [-0.2, 0) is 10.0 Å². The van der Waals surface area contributed by atoms with Gasteiger partial charge >= 0.3 is 0 Å². The van der Waals surface area contributed by atoms with Gasteiger partial charge in [0.25, 0.3) is 0 Å². The summed E-state index contributed by atoms with van der Waals surface area (Å²) in [6, 6.07) is 2.49. The van der Waals surface area contributed by atoms with Gasteiger partial charge in [-0.05, 0) is 37.8 Å². The molecule has 1 aromatic carbocycles. The van der Waals surface area contributed by atoms with Gasteiger partial charge in [0.1, 0.15) is 4.90 Å². The van der Waals surface area contributed by atoms with Crippen molar-refractivity contribution in [2.24, 2.45) is 0 Å². The third-order valence-electron chi connectivity index (χ3n) is 3.31. The molecule has 1 aliphatic rings. The quantitative estimate of drug-likeness (QED) is 0.736. The summed E-state index contributed by atoms with van der Waals surface area (Å²) in [5, 5.41) is 9.42. The van der Waals surface area contributed by atoms with Gasteiger partial charge in [0.2, 0.25) is 10.0 Å². The number of aliphatic hydroxyl groups excluding tert-OH is 1. The van der Waals surface area contributed by atoms with Crippen molar-refractivity contribution in [3.63, 3.8) is 0 Å². The summed E-state index contributed by atoms with van der Waals surface area (Å²) in [7, 11) is -3.81. The first-order valence-corrected chi connectivity index (χ1v) is 8.48. The van der Waals surface area contributed by atoms with E-state index in [1.807, 2.05) is 0 Å². The van der Waals surface area contributed by atoms with E-state index >= 15 is 0 Å². The second-order valence-corrected chi connectivity index (χ2v) is 7.41. The van der Waals surface area contributed by atoms with Gasteiger partial charge in [0, 0.05) is 11.7 Å². The third-order valence-corrected chi connectivity index (χ3v) is 5.75. The van der Waals surface area contributed by atoms with E-state index in [0.717, 1.165) is 0 Å². The highest BCUT2D eigenvalue weighted by Crippen LogP contribution is 2.32. The first-order valence-electron chi connectivity index (χ1n) is 6.24. The van der Waals surface area contributed by atoms with E-state index in [1.54, 1.807) is 0 Å². The van der Waals surface area contributed by atoms with Gasteiger partial charge in [0.05, 0.1) is 16.1 Å². The predicted octanol–water partition coefficient (Wildman–Crippen LogP) is 2.16. The lowest BCUT2D eigenvalue weighted by Crippen LogP contribution is -2.38. The lowest BCUT2D eigenvalue weighted by Gasteiger charge is -2.26. The highest BCUT2D eigenvalue weighted by molar-refractivity contribution is 7.89. The smallest absolute Gasteiger partial charge is 0.243 e. The van der Waals surface area contributed by atoms with Gasteiger partial charge in [-0.15, -0.1) is 0 Å². The van der Waals surface area contributed by atoms with Gasteiger partial charge < -0.3 is 10.8 Å². The molecule has 1 fully saturated rings. The van der Waals surface area contributed by atoms with Crippen LogP contribution >= 0.6 is 23.2 Å². The van der Waals surface area contributed by atoms with Gasteiger partial charge in [-0.1, -0.05) is 23.2 Å². The van der Waals surface area contributed by atoms with E-state index in [0.29, 0.717) is 31.4 Å². The van der Waals surface area contributed by atoms with Crippen LogP contribution in [-0.4, -0.2) is 25.7 Å². The van der Waals surface area contributed by atoms with Crippen molar-refractivity contribution in [1.29, 1.82) is 0 Å². The second-order valence-electron chi connectivity index (χ2n) is 4.94. The van der Waals surface area contributed by atoms with Crippen molar-refractivity contribution in [1.82, 2.24) is 4.72 Å². The Hall–Kier alpha value is -0.530. The number of halogens is 2. The minimum Gasteiger partial charge on any atom is -0.399 e. The summed E-state index contributed by atoms with van der Waals surface area (Å²) >= 11 is 11.9. The molecule has 0 spiro atoms. The molecular formula is C12H16Cl2N2O3S. The van der Waals surface area contributed by atoms with Crippen LogP contribution in [0.2, 0.25) is 10.0 Å². The maximum atomic E-state index is 12.4. The Labute approximate surface area is 128 Å². The number of sulfonamides is 1. The Morgan fingerprint density at radius 3 is 2.15 bits per heavy atom. The van der Waals surface area contributed by atoms with Gasteiger partial charge in [-0.25, -0.2) is 13.1 Å². The summed E-state index contributed by atoms with van der Waals surface area (Å²) < 4.78 is 27.3. The Balaban J connectivity index is 2.23. The molecule has 0 saturated heterocycles. The highest BCUT2D eigenvalue weighted by atomic mass is 35.5. The summed E-state index contributed by atoms with van der Waals surface area (Å²) in [6.45, 7) is 0. The lowest BCUT2D eigenvalue weighted by molar-refractivity contribution is 0.120.